The summed E-state index contributed by atoms with van der Waals surface area (Å²) in [5.74, 6) is 1.02. The summed E-state index contributed by atoms with van der Waals surface area (Å²) in [6, 6.07) is 0. The van der Waals surface area contributed by atoms with E-state index >= 15 is 0 Å². The summed E-state index contributed by atoms with van der Waals surface area (Å²) < 4.78 is 1.29. The molecule has 4 heteroatoms. The second-order valence-corrected chi connectivity index (χ2v) is 4.26. The lowest BCUT2D eigenvalue weighted by Gasteiger charge is -2.33. The lowest BCUT2D eigenvalue weighted by Crippen LogP contribution is -3.00. The molecule has 0 bridgehead atoms. The van der Waals surface area contributed by atoms with Crippen LogP contribution in [0.2, 0.25) is 0 Å². The van der Waals surface area contributed by atoms with Gasteiger partial charge in [-0.1, -0.05) is 0 Å². The highest BCUT2D eigenvalue weighted by molar-refractivity contribution is 7.80. The Morgan fingerprint density at radius 1 is 1.15 bits per heavy atom. The molecule has 0 radical (unpaired) electrons. The number of thiol groups is 1. The highest BCUT2D eigenvalue weighted by Gasteiger charge is 2.29. The molecule has 1 aliphatic heterocycles. The fraction of sp³-hybridized carbons (Fsp3) is 1.00. The predicted octanol–water partition coefficient (Wildman–Crippen LogP) is -2.12. The van der Waals surface area contributed by atoms with Gasteiger partial charge in [0.1, 0.15) is 0 Å². The SMILES string of the molecule is NCCC[N+]1(CCS)CCCC1.[Br-]. The normalized spacial score (nSPS) is 19.8. The first-order valence-corrected chi connectivity index (χ1v) is 5.62. The van der Waals surface area contributed by atoms with Crippen molar-refractivity contribution in [3.05, 3.63) is 0 Å². The van der Waals surface area contributed by atoms with Gasteiger partial charge in [-0.2, -0.15) is 12.6 Å². The van der Waals surface area contributed by atoms with Crippen LogP contribution in [-0.2, 0) is 0 Å². The van der Waals surface area contributed by atoms with E-state index in [1.807, 2.05) is 0 Å². The van der Waals surface area contributed by atoms with Crippen LogP contribution >= 0.6 is 12.6 Å². The van der Waals surface area contributed by atoms with Crippen molar-refractivity contribution < 1.29 is 21.5 Å². The average molecular weight is 269 g/mol. The van der Waals surface area contributed by atoms with E-state index in [4.69, 9.17) is 5.73 Å². The molecule has 0 unspecified atom stereocenters. The number of nitrogens with two attached hydrogens (primary N) is 1. The Bertz CT molecular complexity index is 127. The quantitative estimate of drug-likeness (QED) is 0.433. The molecule has 2 N–H and O–H groups in total. The first-order chi connectivity index (χ1) is 5.83. The number of hydrogen-bond donors (Lipinski definition) is 2. The molecule has 0 atom stereocenters. The first-order valence-electron chi connectivity index (χ1n) is 4.99. The van der Waals surface area contributed by atoms with Crippen LogP contribution in [0.3, 0.4) is 0 Å². The number of rotatable bonds is 5. The van der Waals surface area contributed by atoms with Crippen LogP contribution in [0.25, 0.3) is 0 Å². The summed E-state index contributed by atoms with van der Waals surface area (Å²) in [6.45, 7) is 6.08. The summed E-state index contributed by atoms with van der Waals surface area (Å²) in [6.07, 6.45) is 3.98. The number of halogens is 1. The van der Waals surface area contributed by atoms with Gasteiger partial charge in [0.25, 0.3) is 0 Å². The third kappa shape index (κ3) is 4.19. The fourth-order valence-electron chi connectivity index (χ4n) is 2.20. The maximum absolute atomic E-state index is 5.53. The lowest BCUT2D eigenvalue weighted by molar-refractivity contribution is -0.914. The van der Waals surface area contributed by atoms with Crippen molar-refractivity contribution in [1.82, 2.24) is 0 Å². The van der Waals surface area contributed by atoms with Gasteiger partial charge in [0.15, 0.2) is 0 Å². The van der Waals surface area contributed by atoms with E-state index in [-0.39, 0.29) is 17.0 Å². The minimum Gasteiger partial charge on any atom is -1.00 e. The second-order valence-electron chi connectivity index (χ2n) is 3.81. The van der Waals surface area contributed by atoms with Gasteiger partial charge in [-0.3, -0.25) is 0 Å². The average Bonchev–Trinajstić information content (AvgIpc) is 2.51. The third-order valence-electron chi connectivity index (χ3n) is 2.93. The van der Waals surface area contributed by atoms with E-state index in [0.717, 1.165) is 12.3 Å². The third-order valence-corrected chi connectivity index (χ3v) is 3.13. The molecule has 0 saturated carbocycles. The minimum absolute atomic E-state index is 0. The van der Waals surface area contributed by atoms with E-state index in [1.54, 1.807) is 0 Å². The van der Waals surface area contributed by atoms with Gasteiger partial charge in [-0.25, -0.2) is 0 Å². The molecule has 1 aliphatic rings. The Morgan fingerprint density at radius 3 is 2.23 bits per heavy atom. The van der Waals surface area contributed by atoms with E-state index in [1.165, 1.54) is 49.9 Å². The molecular formula is C9H21BrN2S. The smallest absolute Gasteiger partial charge is 0.0876 e. The van der Waals surface area contributed by atoms with Gasteiger partial charge in [0.05, 0.1) is 26.2 Å². The molecule has 0 aliphatic carbocycles. The van der Waals surface area contributed by atoms with Crippen LogP contribution in [0.4, 0.5) is 0 Å². The van der Waals surface area contributed by atoms with Crippen molar-refractivity contribution >= 4 is 12.6 Å². The summed E-state index contributed by atoms with van der Waals surface area (Å²) in [5.41, 5.74) is 5.53. The maximum Gasteiger partial charge on any atom is 0.0876 e. The van der Waals surface area contributed by atoms with Gasteiger partial charge in [0.2, 0.25) is 0 Å². The first kappa shape index (κ1) is 13.8. The molecule has 0 aromatic carbocycles. The Kier molecular flexibility index (Phi) is 7.51. The number of nitrogens with zero attached hydrogens (tertiary/aromatic N) is 1. The van der Waals surface area contributed by atoms with Gasteiger partial charge in [-0.15, -0.1) is 0 Å². The zero-order chi connectivity index (χ0) is 8.86. The Hall–Kier alpha value is 0.750. The molecule has 1 fully saturated rings. The molecular weight excluding hydrogens is 248 g/mol. The largest absolute Gasteiger partial charge is 1.00 e. The van der Waals surface area contributed by atoms with Crippen LogP contribution in [-0.4, -0.2) is 43.0 Å². The zero-order valence-corrected chi connectivity index (χ0v) is 10.7. The topological polar surface area (TPSA) is 26.0 Å². The van der Waals surface area contributed by atoms with Gasteiger partial charge in [0, 0.05) is 25.0 Å². The molecule has 13 heavy (non-hydrogen) atoms. The maximum atomic E-state index is 5.53. The van der Waals surface area contributed by atoms with Crippen LogP contribution in [0, 0.1) is 0 Å². The summed E-state index contributed by atoms with van der Waals surface area (Å²) in [4.78, 5) is 0. The lowest BCUT2D eigenvalue weighted by atomic mass is 10.3. The van der Waals surface area contributed by atoms with Crippen LogP contribution in [0.5, 0.6) is 0 Å². The summed E-state index contributed by atoms with van der Waals surface area (Å²) >= 11 is 4.32. The molecule has 0 spiro atoms. The van der Waals surface area contributed by atoms with Crippen LogP contribution in [0.15, 0.2) is 0 Å². The van der Waals surface area contributed by atoms with E-state index in [2.05, 4.69) is 12.6 Å². The Morgan fingerprint density at radius 2 is 1.77 bits per heavy atom. The van der Waals surface area contributed by atoms with Crippen molar-refractivity contribution in [2.75, 3.05) is 38.5 Å². The fourth-order valence-corrected chi connectivity index (χ4v) is 2.63. The second kappa shape index (κ2) is 7.10. The number of quaternary nitrogens is 1. The molecule has 1 rings (SSSR count). The van der Waals surface area contributed by atoms with Gasteiger partial charge < -0.3 is 27.2 Å². The molecule has 0 aromatic heterocycles. The number of likely N-dealkylation sites (tertiary alicyclic amines) is 1. The molecule has 2 nitrogen and oxygen atoms in total. The van der Waals surface area contributed by atoms with Crippen molar-refractivity contribution in [3.8, 4) is 0 Å². The molecule has 0 aromatic rings. The predicted molar refractivity (Wildman–Crippen MR) is 56.5 cm³/mol. The van der Waals surface area contributed by atoms with Crippen LogP contribution in [0.1, 0.15) is 19.3 Å². The Labute approximate surface area is 97.6 Å². The van der Waals surface area contributed by atoms with Gasteiger partial charge >= 0.3 is 0 Å². The molecule has 80 valence electrons. The van der Waals surface area contributed by atoms with Crippen LogP contribution < -0.4 is 22.7 Å². The van der Waals surface area contributed by atoms with Crippen molar-refractivity contribution in [1.29, 1.82) is 0 Å². The molecule has 1 saturated heterocycles. The van der Waals surface area contributed by atoms with E-state index < -0.39 is 0 Å². The summed E-state index contributed by atoms with van der Waals surface area (Å²) in [7, 11) is 0. The minimum atomic E-state index is 0. The standard InChI is InChI=1S/C9H20N2S.BrH/c10-4-3-7-11(8-9-12)5-1-2-6-11;/h1-10H2;1H. The number of hydrogen-bond acceptors (Lipinski definition) is 2. The summed E-state index contributed by atoms with van der Waals surface area (Å²) in [5, 5.41) is 0. The van der Waals surface area contributed by atoms with Gasteiger partial charge in [-0.05, 0) is 6.54 Å². The highest BCUT2D eigenvalue weighted by atomic mass is 79.9. The van der Waals surface area contributed by atoms with Crippen molar-refractivity contribution in [2.45, 2.75) is 19.3 Å². The van der Waals surface area contributed by atoms with E-state index in [0.29, 0.717) is 0 Å². The molecule has 1 heterocycles. The Balaban J connectivity index is 0.00000144. The van der Waals surface area contributed by atoms with E-state index in [9.17, 15) is 0 Å². The monoisotopic (exact) mass is 268 g/mol. The molecule has 0 amide bonds. The zero-order valence-electron chi connectivity index (χ0n) is 8.21. The van der Waals surface area contributed by atoms with Crippen molar-refractivity contribution in [2.24, 2.45) is 5.73 Å². The van der Waals surface area contributed by atoms with Crippen molar-refractivity contribution in [3.63, 3.8) is 0 Å². The highest BCUT2D eigenvalue weighted by Crippen LogP contribution is 2.19.